The summed E-state index contributed by atoms with van der Waals surface area (Å²) in [6.07, 6.45) is 0. The molecule has 1 saturated heterocycles. The van der Waals surface area contributed by atoms with Crippen molar-refractivity contribution in [2.45, 2.75) is 3.23 Å². The Hall–Kier alpha value is -0.430. The zero-order chi connectivity index (χ0) is 10.4. The van der Waals surface area contributed by atoms with E-state index in [1.807, 2.05) is 0 Å². The smallest absolute Gasteiger partial charge is 0.271 e. The molecule has 0 saturated carbocycles. The number of alkyl halides is 2. The molecule has 4 amide bonds. The molecule has 0 aromatic rings. The molecule has 0 N–H and O–H groups in total. The Morgan fingerprint density at radius 2 is 1.31 bits per heavy atom. The van der Waals surface area contributed by atoms with Gasteiger partial charge in [-0.1, -0.05) is 31.9 Å². The third-order valence-electron chi connectivity index (χ3n) is 1.72. The van der Waals surface area contributed by atoms with Crippen LogP contribution in [0.3, 0.4) is 0 Å². The quantitative estimate of drug-likeness (QED) is 0.484. The Balaban J connectivity index is 3.15. The molecule has 1 aliphatic rings. The monoisotopic (exact) mass is 312 g/mol. The molecule has 0 aromatic heterocycles. The molecule has 0 unspecified atom stereocenters. The van der Waals surface area contributed by atoms with Crippen LogP contribution in [0.2, 0.25) is 0 Å². The first-order valence-electron chi connectivity index (χ1n) is 3.28. The maximum absolute atomic E-state index is 11.4. The van der Waals surface area contributed by atoms with E-state index in [0.29, 0.717) is 0 Å². The first kappa shape index (κ1) is 10.6. The van der Waals surface area contributed by atoms with Gasteiger partial charge in [0.15, 0.2) is 0 Å². The fourth-order valence-electron chi connectivity index (χ4n) is 0.911. The molecule has 1 aliphatic heterocycles. The van der Waals surface area contributed by atoms with Gasteiger partial charge in [-0.3, -0.25) is 19.4 Å². The molecular formula is C6H6Br2N2O3. The molecule has 0 aromatic carbocycles. The van der Waals surface area contributed by atoms with Crippen molar-refractivity contribution in [3.8, 4) is 0 Å². The lowest BCUT2D eigenvalue weighted by Crippen LogP contribution is -2.61. The average molecular weight is 314 g/mol. The van der Waals surface area contributed by atoms with Gasteiger partial charge in [0.25, 0.3) is 11.8 Å². The van der Waals surface area contributed by atoms with Crippen LogP contribution in [-0.2, 0) is 9.59 Å². The van der Waals surface area contributed by atoms with E-state index in [2.05, 4.69) is 31.9 Å². The van der Waals surface area contributed by atoms with Gasteiger partial charge < -0.3 is 0 Å². The van der Waals surface area contributed by atoms with Crippen molar-refractivity contribution in [1.82, 2.24) is 9.80 Å². The Kier molecular flexibility index (Phi) is 2.50. The third kappa shape index (κ3) is 1.39. The number of urea groups is 1. The van der Waals surface area contributed by atoms with Gasteiger partial charge in [0.2, 0.25) is 3.23 Å². The summed E-state index contributed by atoms with van der Waals surface area (Å²) in [7, 11) is 2.62. The highest BCUT2D eigenvalue weighted by Gasteiger charge is 2.52. The van der Waals surface area contributed by atoms with Crippen LogP contribution in [0.4, 0.5) is 4.79 Å². The molecule has 0 radical (unpaired) electrons. The first-order chi connectivity index (χ1) is 5.80. The van der Waals surface area contributed by atoms with E-state index >= 15 is 0 Å². The molecule has 13 heavy (non-hydrogen) atoms. The highest BCUT2D eigenvalue weighted by atomic mass is 79.9. The Morgan fingerprint density at radius 1 is 1.00 bits per heavy atom. The topological polar surface area (TPSA) is 57.7 Å². The van der Waals surface area contributed by atoms with Crippen molar-refractivity contribution in [1.29, 1.82) is 0 Å². The molecule has 0 bridgehead atoms. The van der Waals surface area contributed by atoms with Crippen LogP contribution in [0.25, 0.3) is 0 Å². The van der Waals surface area contributed by atoms with Crippen molar-refractivity contribution in [3.63, 3.8) is 0 Å². The molecular weight excluding hydrogens is 308 g/mol. The highest BCUT2D eigenvalue weighted by molar-refractivity contribution is 9.26. The Bertz CT molecular complexity index is 276. The maximum Gasteiger partial charge on any atom is 0.333 e. The molecule has 0 spiro atoms. The first-order valence-corrected chi connectivity index (χ1v) is 4.87. The number of carbonyl (C=O) groups is 3. The number of carbonyl (C=O) groups excluding carboxylic acids is 3. The van der Waals surface area contributed by atoms with Crippen LogP contribution in [0.1, 0.15) is 0 Å². The zero-order valence-electron chi connectivity index (χ0n) is 6.88. The molecule has 1 rings (SSSR count). The van der Waals surface area contributed by atoms with Gasteiger partial charge in [-0.15, -0.1) is 0 Å². The zero-order valence-corrected chi connectivity index (χ0v) is 10.0. The van der Waals surface area contributed by atoms with Crippen molar-refractivity contribution in [3.05, 3.63) is 0 Å². The summed E-state index contributed by atoms with van der Waals surface area (Å²) < 4.78 is -1.50. The van der Waals surface area contributed by atoms with E-state index < -0.39 is 21.1 Å². The van der Waals surface area contributed by atoms with Crippen LogP contribution < -0.4 is 0 Å². The number of nitrogens with zero attached hydrogens (tertiary/aromatic N) is 2. The second-order valence-corrected chi connectivity index (χ2v) is 6.03. The Morgan fingerprint density at radius 3 is 1.62 bits per heavy atom. The minimum atomic E-state index is -1.50. The van der Waals surface area contributed by atoms with E-state index in [1.165, 1.54) is 14.1 Å². The summed E-state index contributed by atoms with van der Waals surface area (Å²) in [5.74, 6) is -1.25. The number of hydrogen-bond acceptors (Lipinski definition) is 3. The van der Waals surface area contributed by atoms with Crippen molar-refractivity contribution < 1.29 is 14.4 Å². The normalized spacial score (nSPS) is 22.6. The highest BCUT2D eigenvalue weighted by Crippen LogP contribution is 2.33. The minimum Gasteiger partial charge on any atom is -0.271 e. The maximum atomic E-state index is 11.4. The predicted molar refractivity (Wildman–Crippen MR) is 51.5 cm³/mol. The summed E-state index contributed by atoms with van der Waals surface area (Å²) in [4.78, 5) is 35.7. The van der Waals surface area contributed by atoms with Crippen LogP contribution in [0, 0.1) is 0 Å². The van der Waals surface area contributed by atoms with E-state index in [1.54, 1.807) is 0 Å². The van der Waals surface area contributed by atoms with E-state index in [0.717, 1.165) is 9.80 Å². The van der Waals surface area contributed by atoms with Crippen LogP contribution in [0.5, 0.6) is 0 Å². The minimum absolute atomic E-state index is 0.624. The van der Waals surface area contributed by atoms with Crippen molar-refractivity contribution >= 4 is 49.7 Å². The largest absolute Gasteiger partial charge is 0.333 e. The molecule has 1 fully saturated rings. The number of rotatable bonds is 0. The fraction of sp³-hybridized carbons (Fsp3) is 0.500. The second-order valence-electron chi connectivity index (χ2n) is 2.59. The van der Waals surface area contributed by atoms with Gasteiger partial charge >= 0.3 is 6.03 Å². The van der Waals surface area contributed by atoms with Crippen LogP contribution in [0.15, 0.2) is 0 Å². The van der Waals surface area contributed by atoms with Crippen molar-refractivity contribution in [2.24, 2.45) is 0 Å². The molecule has 7 heteroatoms. The second kappa shape index (κ2) is 3.06. The fourth-order valence-corrected chi connectivity index (χ4v) is 1.98. The number of amides is 4. The van der Waals surface area contributed by atoms with Crippen LogP contribution in [-0.4, -0.2) is 45.0 Å². The number of halogens is 2. The molecule has 0 atom stereocenters. The summed E-state index contributed by atoms with van der Waals surface area (Å²) in [5, 5.41) is 0. The summed E-state index contributed by atoms with van der Waals surface area (Å²) in [6.45, 7) is 0. The van der Waals surface area contributed by atoms with E-state index in [4.69, 9.17) is 0 Å². The van der Waals surface area contributed by atoms with Crippen LogP contribution >= 0.6 is 31.9 Å². The lowest BCUT2D eigenvalue weighted by molar-refractivity contribution is -0.140. The Labute approximate surface area is 91.3 Å². The molecule has 1 heterocycles. The standard InChI is InChI=1S/C6H6Br2N2O3/c1-9-3(11)6(7,8)4(12)10(2)5(9)13/h1-2H3. The van der Waals surface area contributed by atoms with Gasteiger partial charge in [-0.25, -0.2) is 4.79 Å². The number of hydrogen-bond donors (Lipinski definition) is 0. The molecule has 0 aliphatic carbocycles. The summed E-state index contributed by atoms with van der Waals surface area (Å²) in [6, 6.07) is -0.635. The SMILES string of the molecule is CN1C(=O)N(C)C(=O)C(Br)(Br)C1=O. The third-order valence-corrected chi connectivity index (χ3v) is 3.08. The lowest BCUT2D eigenvalue weighted by atomic mass is 10.3. The number of imide groups is 2. The summed E-state index contributed by atoms with van der Waals surface area (Å²) in [5.41, 5.74) is 0. The predicted octanol–water partition coefficient (Wildman–Crippen LogP) is 0.523. The van der Waals surface area contributed by atoms with Gasteiger partial charge in [-0.05, 0) is 0 Å². The molecule has 5 nitrogen and oxygen atoms in total. The van der Waals surface area contributed by atoms with Gasteiger partial charge in [0.1, 0.15) is 0 Å². The average Bonchev–Trinajstić information content (AvgIpc) is 2.09. The van der Waals surface area contributed by atoms with Crippen molar-refractivity contribution in [2.75, 3.05) is 14.1 Å². The lowest BCUT2D eigenvalue weighted by Gasteiger charge is -2.34. The van der Waals surface area contributed by atoms with E-state index in [-0.39, 0.29) is 0 Å². The van der Waals surface area contributed by atoms with Gasteiger partial charge in [0, 0.05) is 14.1 Å². The summed E-state index contributed by atoms with van der Waals surface area (Å²) >= 11 is 5.83. The number of barbiturate groups is 1. The van der Waals surface area contributed by atoms with Gasteiger partial charge in [-0.2, -0.15) is 0 Å². The van der Waals surface area contributed by atoms with Gasteiger partial charge in [0.05, 0.1) is 0 Å². The van der Waals surface area contributed by atoms with E-state index in [9.17, 15) is 14.4 Å². The molecule has 72 valence electrons.